The number of thioether (sulfide) groups is 1. The molecule has 112 valence electrons. The maximum Gasteiger partial charge on any atom is 0.255 e. The molecule has 4 rings (SSSR count). The predicted molar refractivity (Wildman–Crippen MR) is 88.5 cm³/mol. The number of nitrogens with one attached hydrogen (secondary N) is 2. The highest BCUT2D eigenvalue weighted by Crippen LogP contribution is 2.28. The van der Waals surface area contributed by atoms with E-state index in [9.17, 15) is 4.79 Å². The summed E-state index contributed by atoms with van der Waals surface area (Å²) >= 11 is 1.90. The van der Waals surface area contributed by atoms with Crippen molar-refractivity contribution >= 4 is 23.4 Å². The number of anilines is 1. The molecule has 0 aliphatic carbocycles. The molecule has 5 heteroatoms. The second-order valence-electron chi connectivity index (χ2n) is 5.44. The van der Waals surface area contributed by atoms with Crippen molar-refractivity contribution in [3.63, 3.8) is 0 Å². The molecule has 1 atom stereocenters. The fourth-order valence-electron chi connectivity index (χ4n) is 2.59. The van der Waals surface area contributed by atoms with E-state index in [-0.39, 0.29) is 12.1 Å². The van der Waals surface area contributed by atoms with Crippen LogP contribution < -0.4 is 15.4 Å². The number of ether oxygens (including phenoxy) is 1. The Morgan fingerprint density at radius 3 is 2.50 bits per heavy atom. The summed E-state index contributed by atoms with van der Waals surface area (Å²) in [6.45, 7) is 0. The zero-order valence-corrected chi connectivity index (χ0v) is 12.7. The molecule has 22 heavy (non-hydrogen) atoms. The first-order valence-corrected chi connectivity index (χ1v) is 8.46. The van der Waals surface area contributed by atoms with Crippen molar-refractivity contribution in [3.8, 4) is 5.75 Å². The van der Waals surface area contributed by atoms with Gasteiger partial charge in [-0.1, -0.05) is 24.3 Å². The molecule has 0 radical (unpaired) electrons. The highest BCUT2D eigenvalue weighted by molar-refractivity contribution is 8.00. The number of para-hydroxylation sites is 1. The van der Waals surface area contributed by atoms with Crippen molar-refractivity contribution in [1.29, 1.82) is 0 Å². The maximum absolute atomic E-state index is 12.2. The van der Waals surface area contributed by atoms with Gasteiger partial charge in [-0.2, -0.15) is 11.8 Å². The molecule has 1 unspecified atom stereocenters. The third-order valence-electron chi connectivity index (χ3n) is 3.87. The zero-order chi connectivity index (χ0) is 14.9. The van der Waals surface area contributed by atoms with Gasteiger partial charge in [0.15, 0.2) is 0 Å². The van der Waals surface area contributed by atoms with Crippen LogP contribution in [0.25, 0.3) is 0 Å². The zero-order valence-electron chi connectivity index (χ0n) is 11.9. The van der Waals surface area contributed by atoms with E-state index < -0.39 is 0 Å². The van der Waals surface area contributed by atoms with Gasteiger partial charge in [-0.15, -0.1) is 0 Å². The molecule has 2 heterocycles. The number of hydrogen-bond donors (Lipinski definition) is 2. The summed E-state index contributed by atoms with van der Waals surface area (Å²) < 4.78 is 5.84. The summed E-state index contributed by atoms with van der Waals surface area (Å²) in [5.41, 5.74) is 2.56. The van der Waals surface area contributed by atoms with Gasteiger partial charge in [-0.3, -0.25) is 4.79 Å². The molecule has 1 fully saturated rings. The van der Waals surface area contributed by atoms with E-state index in [0.717, 1.165) is 28.5 Å². The maximum atomic E-state index is 12.2. The Morgan fingerprint density at radius 2 is 1.77 bits per heavy atom. The van der Waals surface area contributed by atoms with Gasteiger partial charge in [-0.25, -0.2) is 0 Å². The molecule has 0 bridgehead atoms. The molecule has 2 aliphatic heterocycles. The van der Waals surface area contributed by atoms with Crippen LogP contribution in [-0.4, -0.2) is 23.5 Å². The number of benzene rings is 2. The SMILES string of the molecule is O=C1NC(c2ccc(OC3CSC3)cc2)Nc2ccccc21. The summed E-state index contributed by atoms with van der Waals surface area (Å²) in [5.74, 6) is 2.97. The van der Waals surface area contributed by atoms with Gasteiger partial charge in [0.2, 0.25) is 0 Å². The van der Waals surface area contributed by atoms with E-state index in [1.54, 1.807) is 0 Å². The molecular formula is C17H16N2O2S. The molecular weight excluding hydrogens is 296 g/mol. The molecule has 0 aromatic heterocycles. The van der Waals surface area contributed by atoms with Crippen molar-refractivity contribution < 1.29 is 9.53 Å². The van der Waals surface area contributed by atoms with Gasteiger partial charge >= 0.3 is 0 Å². The van der Waals surface area contributed by atoms with Crippen LogP contribution in [0.15, 0.2) is 48.5 Å². The van der Waals surface area contributed by atoms with Gasteiger partial charge in [0, 0.05) is 17.2 Å². The lowest BCUT2D eigenvalue weighted by Crippen LogP contribution is -2.38. The van der Waals surface area contributed by atoms with Gasteiger partial charge < -0.3 is 15.4 Å². The van der Waals surface area contributed by atoms with Crippen molar-refractivity contribution in [2.45, 2.75) is 12.3 Å². The number of carbonyl (C=O) groups excluding carboxylic acids is 1. The second kappa shape index (κ2) is 5.57. The minimum absolute atomic E-state index is 0.0498. The van der Waals surface area contributed by atoms with Crippen molar-refractivity contribution in [1.82, 2.24) is 5.32 Å². The molecule has 2 aliphatic rings. The first kappa shape index (κ1) is 13.5. The lowest BCUT2D eigenvalue weighted by molar-refractivity contribution is 0.0935. The number of amides is 1. The molecule has 4 nitrogen and oxygen atoms in total. The van der Waals surface area contributed by atoms with E-state index in [2.05, 4.69) is 10.6 Å². The Bertz CT molecular complexity index is 698. The van der Waals surface area contributed by atoms with Gasteiger partial charge in [0.1, 0.15) is 18.0 Å². The fourth-order valence-corrected chi connectivity index (χ4v) is 3.15. The molecule has 2 aromatic rings. The third kappa shape index (κ3) is 2.52. The average molecular weight is 312 g/mol. The van der Waals surface area contributed by atoms with Crippen LogP contribution in [0.4, 0.5) is 5.69 Å². The van der Waals surface area contributed by atoms with E-state index in [0.29, 0.717) is 11.7 Å². The van der Waals surface area contributed by atoms with Crippen LogP contribution in [0.5, 0.6) is 5.75 Å². The van der Waals surface area contributed by atoms with Gasteiger partial charge in [-0.05, 0) is 29.8 Å². The smallest absolute Gasteiger partial charge is 0.255 e. The van der Waals surface area contributed by atoms with Crippen molar-refractivity contribution in [2.75, 3.05) is 16.8 Å². The normalized spacial score (nSPS) is 20.4. The van der Waals surface area contributed by atoms with Crippen LogP contribution in [0.3, 0.4) is 0 Å². The van der Waals surface area contributed by atoms with Crippen LogP contribution >= 0.6 is 11.8 Å². The second-order valence-corrected chi connectivity index (χ2v) is 6.52. The number of rotatable bonds is 3. The summed E-state index contributed by atoms with van der Waals surface area (Å²) in [7, 11) is 0. The number of carbonyl (C=O) groups is 1. The minimum Gasteiger partial charge on any atom is -0.489 e. The monoisotopic (exact) mass is 312 g/mol. The predicted octanol–water partition coefficient (Wildman–Crippen LogP) is 3.03. The lowest BCUT2D eigenvalue weighted by atomic mass is 10.1. The summed E-state index contributed by atoms with van der Waals surface area (Å²) in [6, 6.07) is 15.5. The molecule has 1 saturated heterocycles. The average Bonchev–Trinajstić information content (AvgIpc) is 2.51. The number of fused-ring (bicyclic) bond motifs is 1. The molecule has 2 aromatic carbocycles. The quantitative estimate of drug-likeness (QED) is 0.914. The molecule has 1 amide bonds. The molecule has 2 N–H and O–H groups in total. The Hall–Kier alpha value is -2.14. The van der Waals surface area contributed by atoms with Gasteiger partial charge in [0.05, 0.1) is 5.56 Å². The van der Waals surface area contributed by atoms with Gasteiger partial charge in [0.25, 0.3) is 5.91 Å². The first-order valence-electron chi connectivity index (χ1n) is 7.30. The van der Waals surface area contributed by atoms with Crippen molar-refractivity contribution in [3.05, 3.63) is 59.7 Å². The standard InChI is InChI=1S/C17H16N2O2S/c20-17-14-3-1-2-4-15(14)18-16(19-17)11-5-7-12(8-6-11)21-13-9-22-10-13/h1-8,13,16,18H,9-10H2,(H,19,20). The van der Waals surface area contributed by atoms with E-state index >= 15 is 0 Å². The third-order valence-corrected chi connectivity index (χ3v) is 5.09. The first-order chi connectivity index (χ1) is 10.8. The Labute approximate surface area is 133 Å². The van der Waals surface area contributed by atoms with E-state index in [4.69, 9.17) is 4.74 Å². The molecule has 0 saturated carbocycles. The van der Waals surface area contributed by atoms with Crippen LogP contribution in [0, 0.1) is 0 Å². The highest BCUT2D eigenvalue weighted by Gasteiger charge is 2.24. The van der Waals surface area contributed by atoms with Crippen molar-refractivity contribution in [2.24, 2.45) is 0 Å². The van der Waals surface area contributed by atoms with E-state index in [1.807, 2.05) is 60.3 Å². The lowest BCUT2D eigenvalue weighted by Gasteiger charge is -2.29. The Kier molecular flexibility index (Phi) is 3.42. The Balaban J connectivity index is 1.51. The summed E-state index contributed by atoms with van der Waals surface area (Å²) in [6.07, 6.45) is 0.131. The Morgan fingerprint density at radius 1 is 1.00 bits per heavy atom. The summed E-state index contributed by atoms with van der Waals surface area (Å²) in [4.78, 5) is 12.2. The molecule has 0 spiro atoms. The topological polar surface area (TPSA) is 50.4 Å². The highest BCUT2D eigenvalue weighted by atomic mass is 32.2. The number of hydrogen-bond acceptors (Lipinski definition) is 4. The van der Waals surface area contributed by atoms with Crippen LogP contribution in [-0.2, 0) is 0 Å². The largest absolute Gasteiger partial charge is 0.489 e. The fraction of sp³-hybridized carbons (Fsp3) is 0.235. The van der Waals surface area contributed by atoms with Crippen LogP contribution in [0.2, 0.25) is 0 Å². The minimum atomic E-state index is -0.212. The van der Waals surface area contributed by atoms with E-state index in [1.165, 1.54) is 0 Å². The van der Waals surface area contributed by atoms with Crippen LogP contribution in [0.1, 0.15) is 22.1 Å². The summed E-state index contributed by atoms with van der Waals surface area (Å²) in [5, 5.41) is 6.33.